The van der Waals surface area contributed by atoms with E-state index in [1.165, 1.54) is 0 Å². The van der Waals surface area contributed by atoms with Crippen LogP contribution in [-0.2, 0) is 4.79 Å². The maximum Gasteiger partial charge on any atom is 0.253 e. The maximum absolute atomic E-state index is 12.3. The second-order valence-corrected chi connectivity index (χ2v) is 5.91. The molecule has 0 aliphatic carbocycles. The van der Waals surface area contributed by atoms with Crippen LogP contribution in [0.25, 0.3) is 0 Å². The summed E-state index contributed by atoms with van der Waals surface area (Å²) < 4.78 is 0. The minimum atomic E-state index is -0.414. The standard InChI is InChI=1S/C17H24N2O3/c1-13(20)10-12-18(2)17(22)14-6-8-15(9-7-14)19-11-4-3-5-16(19)21/h6-9,13,20H,3-5,10-12H2,1-2H3. The Kier molecular flexibility index (Phi) is 5.55. The number of rotatable bonds is 5. The lowest BCUT2D eigenvalue weighted by molar-refractivity contribution is -0.119. The van der Waals surface area contributed by atoms with E-state index in [9.17, 15) is 14.7 Å². The molecule has 1 aliphatic heterocycles. The summed E-state index contributed by atoms with van der Waals surface area (Å²) in [5.74, 6) is 0.0801. The SMILES string of the molecule is CC(O)CCN(C)C(=O)c1ccc(N2CCCCC2=O)cc1. The number of carbonyl (C=O) groups is 2. The number of anilines is 1. The molecule has 22 heavy (non-hydrogen) atoms. The first-order valence-electron chi connectivity index (χ1n) is 7.83. The third kappa shape index (κ3) is 4.07. The molecule has 2 rings (SSSR count). The van der Waals surface area contributed by atoms with Crippen molar-refractivity contribution in [2.75, 3.05) is 25.0 Å². The minimum absolute atomic E-state index is 0.0721. The molecular formula is C17H24N2O3. The van der Waals surface area contributed by atoms with Gasteiger partial charge in [-0.05, 0) is 50.5 Å². The number of aliphatic hydroxyl groups is 1. The van der Waals surface area contributed by atoms with Crippen molar-refractivity contribution in [1.82, 2.24) is 4.90 Å². The van der Waals surface area contributed by atoms with Gasteiger partial charge >= 0.3 is 0 Å². The van der Waals surface area contributed by atoms with Gasteiger partial charge in [-0.3, -0.25) is 9.59 Å². The van der Waals surface area contributed by atoms with E-state index in [0.29, 0.717) is 24.9 Å². The molecule has 5 nitrogen and oxygen atoms in total. The highest BCUT2D eigenvalue weighted by molar-refractivity contribution is 5.96. The Labute approximate surface area is 131 Å². The van der Waals surface area contributed by atoms with Gasteiger partial charge in [0, 0.05) is 37.8 Å². The van der Waals surface area contributed by atoms with E-state index in [-0.39, 0.29) is 11.8 Å². The highest BCUT2D eigenvalue weighted by Crippen LogP contribution is 2.21. The van der Waals surface area contributed by atoms with Gasteiger partial charge in [-0.15, -0.1) is 0 Å². The van der Waals surface area contributed by atoms with Crippen LogP contribution in [0.5, 0.6) is 0 Å². The zero-order valence-electron chi connectivity index (χ0n) is 13.3. The monoisotopic (exact) mass is 304 g/mol. The molecule has 1 fully saturated rings. The van der Waals surface area contributed by atoms with Gasteiger partial charge in [-0.2, -0.15) is 0 Å². The first kappa shape index (κ1) is 16.5. The second kappa shape index (κ2) is 7.40. The van der Waals surface area contributed by atoms with Gasteiger partial charge in [0.05, 0.1) is 6.10 Å². The normalized spacial score (nSPS) is 16.5. The highest BCUT2D eigenvalue weighted by atomic mass is 16.3. The van der Waals surface area contributed by atoms with E-state index >= 15 is 0 Å². The van der Waals surface area contributed by atoms with Crippen LogP contribution in [-0.4, -0.2) is 48.1 Å². The third-order valence-corrected chi connectivity index (χ3v) is 3.98. The predicted octanol–water partition coefficient (Wildman–Crippen LogP) is 2.05. The average Bonchev–Trinajstić information content (AvgIpc) is 2.52. The van der Waals surface area contributed by atoms with E-state index in [1.54, 1.807) is 35.9 Å². The molecule has 1 aliphatic rings. The number of hydrogen-bond donors (Lipinski definition) is 1. The van der Waals surface area contributed by atoms with Crippen LogP contribution < -0.4 is 4.90 Å². The number of amides is 2. The van der Waals surface area contributed by atoms with E-state index in [2.05, 4.69) is 0 Å². The first-order chi connectivity index (χ1) is 10.5. The molecule has 5 heteroatoms. The lowest BCUT2D eigenvalue weighted by atomic mass is 10.1. The highest BCUT2D eigenvalue weighted by Gasteiger charge is 2.20. The summed E-state index contributed by atoms with van der Waals surface area (Å²) in [4.78, 5) is 27.6. The lowest BCUT2D eigenvalue weighted by Crippen LogP contribution is -2.35. The van der Waals surface area contributed by atoms with Crippen molar-refractivity contribution in [3.05, 3.63) is 29.8 Å². The zero-order chi connectivity index (χ0) is 16.1. The van der Waals surface area contributed by atoms with Crippen molar-refractivity contribution in [3.63, 3.8) is 0 Å². The Balaban J connectivity index is 2.01. The number of piperidine rings is 1. The molecule has 1 saturated heterocycles. The van der Waals surface area contributed by atoms with Gasteiger partial charge in [0.1, 0.15) is 0 Å². The van der Waals surface area contributed by atoms with E-state index in [1.807, 2.05) is 12.1 Å². The summed E-state index contributed by atoms with van der Waals surface area (Å²) in [5.41, 5.74) is 1.45. The van der Waals surface area contributed by atoms with Crippen LogP contribution in [0.1, 0.15) is 43.0 Å². The minimum Gasteiger partial charge on any atom is -0.393 e. The quantitative estimate of drug-likeness (QED) is 0.905. The van der Waals surface area contributed by atoms with E-state index in [4.69, 9.17) is 0 Å². The zero-order valence-corrected chi connectivity index (χ0v) is 13.3. The van der Waals surface area contributed by atoms with E-state index < -0.39 is 6.10 Å². The molecule has 0 spiro atoms. The van der Waals surface area contributed by atoms with Gasteiger partial charge in [0.15, 0.2) is 0 Å². The number of hydrogen-bond acceptors (Lipinski definition) is 3. The molecule has 1 N–H and O–H groups in total. The number of aliphatic hydroxyl groups excluding tert-OH is 1. The predicted molar refractivity (Wildman–Crippen MR) is 85.9 cm³/mol. The van der Waals surface area contributed by atoms with Gasteiger partial charge in [-0.1, -0.05) is 0 Å². The van der Waals surface area contributed by atoms with Crippen molar-refractivity contribution in [3.8, 4) is 0 Å². The van der Waals surface area contributed by atoms with Crippen LogP contribution in [0.2, 0.25) is 0 Å². The smallest absolute Gasteiger partial charge is 0.253 e. The molecule has 120 valence electrons. The largest absolute Gasteiger partial charge is 0.393 e. The Morgan fingerprint density at radius 1 is 1.32 bits per heavy atom. The van der Waals surface area contributed by atoms with Gasteiger partial charge in [-0.25, -0.2) is 0 Å². The fourth-order valence-electron chi connectivity index (χ4n) is 2.57. The van der Waals surface area contributed by atoms with Gasteiger partial charge in [0.25, 0.3) is 5.91 Å². The van der Waals surface area contributed by atoms with Crippen molar-refractivity contribution in [1.29, 1.82) is 0 Å². The van der Waals surface area contributed by atoms with Crippen molar-refractivity contribution in [2.24, 2.45) is 0 Å². The van der Waals surface area contributed by atoms with Crippen molar-refractivity contribution < 1.29 is 14.7 Å². The molecule has 0 radical (unpaired) electrons. The first-order valence-corrected chi connectivity index (χ1v) is 7.83. The molecule has 1 atom stereocenters. The van der Waals surface area contributed by atoms with Crippen molar-refractivity contribution >= 4 is 17.5 Å². The van der Waals surface area contributed by atoms with Crippen molar-refractivity contribution in [2.45, 2.75) is 38.7 Å². The van der Waals surface area contributed by atoms with Crippen LogP contribution in [0.4, 0.5) is 5.69 Å². The summed E-state index contributed by atoms with van der Waals surface area (Å²) in [6.45, 7) is 2.98. The Hall–Kier alpha value is -1.88. The summed E-state index contributed by atoms with van der Waals surface area (Å²) in [7, 11) is 1.73. The Bertz CT molecular complexity index is 525. The topological polar surface area (TPSA) is 60.9 Å². The third-order valence-electron chi connectivity index (χ3n) is 3.98. The molecule has 0 saturated carbocycles. The molecular weight excluding hydrogens is 280 g/mol. The fourth-order valence-corrected chi connectivity index (χ4v) is 2.57. The molecule has 2 amide bonds. The molecule has 0 aromatic heterocycles. The number of benzene rings is 1. The van der Waals surface area contributed by atoms with Crippen LogP contribution in [0.3, 0.4) is 0 Å². The summed E-state index contributed by atoms with van der Waals surface area (Å²) in [6, 6.07) is 7.19. The Morgan fingerprint density at radius 3 is 2.59 bits per heavy atom. The summed E-state index contributed by atoms with van der Waals surface area (Å²) >= 11 is 0. The summed E-state index contributed by atoms with van der Waals surface area (Å²) in [6.07, 6.45) is 2.72. The number of carbonyl (C=O) groups excluding carboxylic acids is 2. The molecule has 1 heterocycles. The fraction of sp³-hybridized carbons (Fsp3) is 0.529. The van der Waals surface area contributed by atoms with Crippen LogP contribution in [0, 0.1) is 0 Å². The second-order valence-electron chi connectivity index (χ2n) is 5.91. The molecule has 1 unspecified atom stereocenters. The van der Waals surface area contributed by atoms with E-state index in [0.717, 1.165) is 25.1 Å². The Morgan fingerprint density at radius 2 is 2.00 bits per heavy atom. The number of nitrogens with zero attached hydrogens (tertiary/aromatic N) is 2. The van der Waals surface area contributed by atoms with Gasteiger partial charge in [0.2, 0.25) is 5.91 Å². The molecule has 0 bridgehead atoms. The maximum atomic E-state index is 12.3. The van der Waals surface area contributed by atoms with Gasteiger partial charge < -0.3 is 14.9 Å². The van der Waals surface area contributed by atoms with Crippen LogP contribution in [0.15, 0.2) is 24.3 Å². The summed E-state index contributed by atoms with van der Waals surface area (Å²) in [5, 5.41) is 9.28. The van der Waals surface area contributed by atoms with Crippen LogP contribution >= 0.6 is 0 Å². The average molecular weight is 304 g/mol. The lowest BCUT2D eigenvalue weighted by Gasteiger charge is -2.27. The molecule has 1 aromatic carbocycles. The molecule has 1 aromatic rings.